The number of sulfonamides is 1. The van der Waals surface area contributed by atoms with Gasteiger partial charge in [-0.25, -0.2) is 0 Å². The molecule has 0 radical (unpaired) electrons. The van der Waals surface area contributed by atoms with Crippen LogP contribution in [0.4, 0.5) is 5.69 Å². The maximum absolute atomic E-state index is 12.9. The van der Waals surface area contributed by atoms with Crippen molar-refractivity contribution in [1.82, 2.24) is 4.90 Å². The molecule has 2 aromatic carbocycles. The molecule has 1 atom stereocenters. The summed E-state index contributed by atoms with van der Waals surface area (Å²) in [5, 5.41) is 3.42. The third kappa shape index (κ3) is 3.44. The van der Waals surface area contributed by atoms with E-state index in [1.807, 2.05) is 4.90 Å². The summed E-state index contributed by atoms with van der Waals surface area (Å²) in [6, 6.07) is 13.2. The molecule has 2 heterocycles. The Morgan fingerprint density at radius 3 is 2.78 bits per heavy atom. The molecule has 4 rings (SSSR count). The minimum absolute atomic E-state index is 0.193. The van der Waals surface area contributed by atoms with Crippen molar-refractivity contribution in [2.45, 2.75) is 30.2 Å². The van der Waals surface area contributed by atoms with Gasteiger partial charge in [0.25, 0.3) is 10.0 Å². The van der Waals surface area contributed by atoms with E-state index in [1.54, 1.807) is 48.5 Å². The highest BCUT2D eigenvalue weighted by molar-refractivity contribution is 7.90. The van der Waals surface area contributed by atoms with Crippen LogP contribution in [0.5, 0.6) is 0 Å². The summed E-state index contributed by atoms with van der Waals surface area (Å²) >= 11 is 5.99. The van der Waals surface area contributed by atoms with Crippen molar-refractivity contribution < 1.29 is 13.2 Å². The van der Waals surface area contributed by atoms with Gasteiger partial charge in [-0.1, -0.05) is 29.8 Å². The maximum atomic E-state index is 12.9. The Morgan fingerprint density at radius 1 is 1.15 bits per heavy atom. The molecule has 140 valence electrons. The molecular weight excluding hydrogens is 386 g/mol. The highest BCUT2D eigenvalue weighted by atomic mass is 35.5. The van der Waals surface area contributed by atoms with Gasteiger partial charge in [0, 0.05) is 22.8 Å². The monoisotopic (exact) mass is 403 g/mol. The van der Waals surface area contributed by atoms with Crippen LogP contribution in [-0.4, -0.2) is 37.6 Å². The number of amidine groups is 1. The van der Waals surface area contributed by atoms with Gasteiger partial charge in [0.05, 0.1) is 0 Å². The van der Waals surface area contributed by atoms with Crippen LogP contribution in [0.1, 0.15) is 24.8 Å². The molecule has 2 aliphatic heterocycles. The Bertz CT molecular complexity index is 1040. The minimum Gasteiger partial charge on any atom is -0.343 e. The number of hydrogen-bond donors (Lipinski definition) is 1. The Morgan fingerprint density at radius 2 is 1.96 bits per heavy atom. The van der Waals surface area contributed by atoms with Crippen LogP contribution >= 0.6 is 11.6 Å². The first kappa shape index (κ1) is 18.0. The lowest BCUT2D eigenvalue weighted by Gasteiger charge is -2.36. The standard InChI is InChI=1S/C19H18ClN3O3S/c20-13-6-5-7-14(12-13)21-19(24)16-9-3-4-11-23(16)18-15-8-1-2-10-17(15)27(25,26)22-18/h1-2,5-8,10,12,16H,3-4,9,11H2,(H,21,24)/t16-/m1/s1. The summed E-state index contributed by atoms with van der Waals surface area (Å²) < 4.78 is 28.7. The molecule has 8 heteroatoms. The van der Waals surface area contributed by atoms with Gasteiger partial charge in [-0.2, -0.15) is 8.42 Å². The van der Waals surface area contributed by atoms with E-state index in [0.29, 0.717) is 35.1 Å². The molecule has 0 aromatic heterocycles. The first-order valence-corrected chi connectivity index (χ1v) is 10.5. The van der Waals surface area contributed by atoms with E-state index in [2.05, 4.69) is 9.71 Å². The van der Waals surface area contributed by atoms with E-state index in [4.69, 9.17) is 11.6 Å². The molecule has 2 aromatic rings. The number of carbonyl (C=O) groups is 1. The molecule has 1 saturated heterocycles. The lowest BCUT2D eigenvalue weighted by atomic mass is 9.99. The van der Waals surface area contributed by atoms with Crippen LogP contribution in [-0.2, 0) is 14.8 Å². The second kappa shape index (κ2) is 6.98. The number of fused-ring (bicyclic) bond motifs is 1. The van der Waals surface area contributed by atoms with Crippen molar-refractivity contribution in [3.05, 3.63) is 59.1 Å². The van der Waals surface area contributed by atoms with Gasteiger partial charge in [0.1, 0.15) is 10.9 Å². The van der Waals surface area contributed by atoms with E-state index in [0.717, 1.165) is 12.8 Å². The van der Waals surface area contributed by atoms with Crippen LogP contribution in [0.15, 0.2) is 57.8 Å². The van der Waals surface area contributed by atoms with Crippen molar-refractivity contribution in [2.24, 2.45) is 4.40 Å². The number of piperidine rings is 1. The molecule has 0 bridgehead atoms. The highest BCUT2D eigenvalue weighted by Gasteiger charge is 2.37. The number of anilines is 1. The van der Waals surface area contributed by atoms with Gasteiger partial charge in [-0.15, -0.1) is 4.40 Å². The summed E-state index contributed by atoms with van der Waals surface area (Å²) in [6.45, 7) is 0.580. The average molecular weight is 404 g/mol. The second-order valence-electron chi connectivity index (χ2n) is 6.59. The molecule has 0 unspecified atom stereocenters. The Balaban J connectivity index is 1.65. The first-order chi connectivity index (χ1) is 13.0. The SMILES string of the molecule is O=C(Nc1cccc(Cl)c1)[C@H]1CCCCN1C1=NS(=O)(=O)c2ccccc21. The molecular formula is C19H18ClN3O3S. The molecule has 1 N–H and O–H groups in total. The predicted molar refractivity (Wildman–Crippen MR) is 105 cm³/mol. The molecule has 0 aliphatic carbocycles. The number of benzene rings is 2. The molecule has 1 fully saturated rings. The van der Waals surface area contributed by atoms with Gasteiger partial charge >= 0.3 is 0 Å². The summed E-state index contributed by atoms with van der Waals surface area (Å²) in [4.78, 5) is 14.9. The predicted octanol–water partition coefficient (Wildman–Crippen LogP) is 3.28. The lowest BCUT2D eigenvalue weighted by Crippen LogP contribution is -2.50. The number of likely N-dealkylation sites (tertiary alicyclic amines) is 1. The average Bonchev–Trinajstić information content (AvgIpc) is 2.93. The van der Waals surface area contributed by atoms with E-state index in [1.165, 1.54) is 0 Å². The van der Waals surface area contributed by atoms with Gasteiger partial charge in [0.15, 0.2) is 5.84 Å². The molecule has 0 spiro atoms. The van der Waals surface area contributed by atoms with Crippen LogP contribution in [0.2, 0.25) is 5.02 Å². The number of carbonyl (C=O) groups excluding carboxylic acids is 1. The van der Waals surface area contributed by atoms with Crippen molar-refractivity contribution in [3.63, 3.8) is 0 Å². The Labute approximate surface area is 162 Å². The maximum Gasteiger partial charge on any atom is 0.285 e. The first-order valence-electron chi connectivity index (χ1n) is 8.73. The number of halogens is 1. The number of rotatable bonds is 2. The fourth-order valence-corrected chi connectivity index (χ4v) is 4.95. The third-order valence-electron chi connectivity index (χ3n) is 4.78. The zero-order valence-corrected chi connectivity index (χ0v) is 16.0. The minimum atomic E-state index is -3.72. The normalized spacial score (nSPS) is 20.7. The van der Waals surface area contributed by atoms with Crippen LogP contribution in [0.25, 0.3) is 0 Å². The molecule has 27 heavy (non-hydrogen) atoms. The van der Waals surface area contributed by atoms with Crippen molar-refractivity contribution in [3.8, 4) is 0 Å². The summed E-state index contributed by atoms with van der Waals surface area (Å²) in [5.74, 6) is 0.165. The van der Waals surface area contributed by atoms with E-state index >= 15 is 0 Å². The number of nitrogens with one attached hydrogen (secondary N) is 1. The van der Waals surface area contributed by atoms with E-state index < -0.39 is 16.1 Å². The zero-order chi connectivity index (χ0) is 19.0. The number of nitrogens with zero attached hydrogens (tertiary/aromatic N) is 2. The fourth-order valence-electron chi connectivity index (χ4n) is 3.55. The summed E-state index contributed by atoms with van der Waals surface area (Å²) in [6.07, 6.45) is 2.40. The quantitative estimate of drug-likeness (QED) is 0.834. The third-order valence-corrected chi connectivity index (χ3v) is 6.34. The van der Waals surface area contributed by atoms with Gasteiger partial charge in [-0.05, 0) is 49.6 Å². The largest absolute Gasteiger partial charge is 0.343 e. The molecule has 6 nitrogen and oxygen atoms in total. The molecule has 2 aliphatic rings. The van der Waals surface area contributed by atoms with Gasteiger partial charge in [-0.3, -0.25) is 4.79 Å². The Kier molecular flexibility index (Phi) is 4.65. The van der Waals surface area contributed by atoms with Crippen molar-refractivity contribution in [1.29, 1.82) is 0 Å². The number of amides is 1. The summed E-state index contributed by atoms with van der Waals surface area (Å²) in [5.41, 5.74) is 1.17. The van der Waals surface area contributed by atoms with Crippen molar-refractivity contribution in [2.75, 3.05) is 11.9 Å². The second-order valence-corrected chi connectivity index (χ2v) is 8.60. The van der Waals surface area contributed by atoms with Gasteiger partial charge < -0.3 is 10.2 Å². The van der Waals surface area contributed by atoms with Crippen LogP contribution in [0.3, 0.4) is 0 Å². The highest BCUT2D eigenvalue weighted by Crippen LogP contribution is 2.31. The molecule has 1 amide bonds. The van der Waals surface area contributed by atoms with Gasteiger partial charge in [0.2, 0.25) is 5.91 Å². The van der Waals surface area contributed by atoms with Crippen LogP contribution in [0, 0.1) is 0 Å². The lowest BCUT2D eigenvalue weighted by molar-refractivity contribution is -0.120. The van der Waals surface area contributed by atoms with Crippen molar-refractivity contribution >= 4 is 39.1 Å². The smallest absolute Gasteiger partial charge is 0.285 e. The molecule has 0 saturated carbocycles. The van der Waals surface area contributed by atoms with E-state index in [-0.39, 0.29) is 10.8 Å². The van der Waals surface area contributed by atoms with E-state index in [9.17, 15) is 13.2 Å². The van der Waals surface area contributed by atoms with Crippen LogP contribution < -0.4 is 5.32 Å². The summed E-state index contributed by atoms with van der Waals surface area (Å²) in [7, 11) is -3.72. The zero-order valence-electron chi connectivity index (χ0n) is 14.4. The fraction of sp³-hybridized carbons (Fsp3) is 0.263. The number of hydrogen-bond acceptors (Lipinski definition) is 4. The topological polar surface area (TPSA) is 78.8 Å². The Hall–Kier alpha value is -2.38.